The van der Waals surface area contributed by atoms with Crippen LogP contribution in [0.5, 0.6) is 5.75 Å². The van der Waals surface area contributed by atoms with Crippen molar-refractivity contribution in [3.05, 3.63) is 60.4 Å². The fourth-order valence-corrected chi connectivity index (χ4v) is 1.95. The van der Waals surface area contributed by atoms with Crippen LogP contribution in [0, 0.1) is 0 Å². The van der Waals surface area contributed by atoms with Crippen molar-refractivity contribution in [2.75, 3.05) is 12.4 Å². The summed E-state index contributed by atoms with van der Waals surface area (Å²) in [5.74, 6) is 0.508. The van der Waals surface area contributed by atoms with E-state index in [1.165, 1.54) is 11.0 Å². The minimum atomic E-state index is -0.198. The van der Waals surface area contributed by atoms with Gasteiger partial charge in [0.1, 0.15) is 12.1 Å². The molecule has 2 aromatic carbocycles. The Kier molecular flexibility index (Phi) is 3.78. The number of hydrogen-bond donors (Lipinski definition) is 1. The molecule has 0 fully saturated rings. The van der Waals surface area contributed by atoms with Crippen LogP contribution in [0.25, 0.3) is 5.69 Å². The number of anilines is 1. The lowest BCUT2D eigenvalue weighted by Crippen LogP contribution is -2.12. The molecule has 110 valence electrons. The Bertz CT molecular complexity index is 769. The molecule has 22 heavy (non-hydrogen) atoms. The van der Waals surface area contributed by atoms with Crippen LogP contribution in [0.4, 0.5) is 5.69 Å². The summed E-state index contributed by atoms with van der Waals surface area (Å²) in [4.78, 5) is 12.2. The summed E-state index contributed by atoms with van der Waals surface area (Å²) in [7, 11) is 1.58. The molecule has 0 aliphatic rings. The molecule has 1 N–H and O–H groups in total. The summed E-state index contributed by atoms with van der Waals surface area (Å²) in [6.07, 6.45) is 1.49. The lowest BCUT2D eigenvalue weighted by atomic mass is 10.2. The van der Waals surface area contributed by atoms with E-state index in [0.717, 1.165) is 5.69 Å². The quantitative estimate of drug-likeness (QED) is 0.795. The number of aromatic nitrogens is 4. The average Bonchev–Trinajstić information content (AvgIpc) is 3.10. The smallest absolute Gasteiger partial charge is 0.255 e. The molecule has 0 bridgehead atoms. The largest absolute Gasteiger partial charge is 0.497 e. The molecule has 7 nitrogen and oxygen atoms in total. The molecule has 0 unspecified atom stereocenters. The van der Waals surface area contributed by atoms with Crippen LogP contribution in [-0.4, -0.2) is 33.2 Å². The second kappa shape index (κ2) is 6.04. The molecular weight excluding hydrogens is 282 g/mol. The van der Waals surface area contributed by atoms with Crippen LogP contribution in [0.1, 0.15) is 10.4 Å². The summed E-state index contributed by atoms with van der Waals surface area (Å²) in [5, 5.41) is 13.8. The number of nitrogens with one attached hydrogen (secondary N) is 1. The molecule has 1 heterocycles. The maximum Gasteiger partial charge on any atom is 0.255 e. The van der Waals surface area contributed by atoms with Crippen molar-refractivity contribution in [3.8, 4) is 11.4 Å². The first-order chi connectivity index (χ1) is 10.8. The van der Waals surface area contributed by atoms with Gasteiger partial charge in [-0.25, -0.2) is 4.68 Å². The van der Waals surface area contributed by atoms with E-state index in [1.807, 2.05) is 12.1 Å². The molecule has 1 aromatic heterocycles. The van der Waals surface area contributed by atoms with E-state index in [4.69, 9.17) is 4.74 Å². The minimum Gasteiger partial charge on any atom is -0.497 e. The fourth-order valence-electron chi connectivity index (χ4n) is 1.95. The van der Waals surface area contributed by atoms with E-state index in [9.17, 15) is 4.79 Å². The molecule has 0 aliphatic carbocycles. The maximum atomic E-state index is 12.2. The van der Waals surface area contributed by atoms with Gasteiger partial charge in [0.15, 0.2) is 0 Å². The number of methoxy groups -OCH3 is 1. The average molecular weight is 295 g/mol. The first-order valence-electron chi connectivity index (χ1n) is 6.55. The Balaban J connectivity index is 1.77. The van der Waals surface area contributed by atoms with Crippen LogP contribution < -0.4 is 10.1 Å². The molecule has 0 aliphatic heterocycles. The molecule has 0 spiro atoms. The molecule has 0 saturated heterocycles. The molecule has 3 rings (SSSR count). The monoisotopic (exact) mass is 295 g/mol. The molecule has 3 aromatic rings. The molecule has 0 saturated carbocycles. The van der Waals surface area contributed by atoms with E-state index in [0.29, 0.717) is 17.0 Å². The Labute approximate surface area is 126 Å². The number of hydrogen-bond acceptors (Lipinski definition) is 5. The number of carbonyl (C=O) groups excluding carboxylic acids is 1. The first kappa shape index (κ1) is 13.7. The zero-order valence-electron chi connectivity index (χ0n) is 11.8. The number of rotatable bonds is 4. The number of amides is 1. The maximum absolute atomic E-state index is 12.2. The highest BCUT2D eigenvalue weighted by atomic mass is 16.5. The third kappa shape index (κ3) is 2.93. The van der Waals surface area contributed by atoms with Gasteiger partial charge in [0.05, 0.1) is 12.8 Å². The van der Waals surface area contributed by atoms with Crippen LogP contribution >= 0.6 is 0 Å². The van der Waals surface area contributed by atoms with Gasteiger partial charge in [0.25, 0.3) is 5.91 Å². The first-order valence-corrected chi connectivity index (χ1v) is 6.55. The van der Waals surface area contributed by atoms with Crippen LogP contribution in [0.2, 0.25) is 0 Å². The molecule has 0 radical (unpaired) electrons. The summed E-state index contributed by atoms with van der Waals surface area (Å²) >= 11 is 0. The normalized spacial score (nSPS) is 10.2. The summed E-state index contributed by atoms with van der Waals surface area (Å²) in [6.45, 7) is 0. The van der Waals surface area contributed by atoms with E-state index in [2.05, 4.69) is 20.8 Å². The van der Waals surface area contributed by atoms with Gasteiger partial charge < -0.3 is 10.1 Å². The molecular formula is C15H13N5O2. The molecule has 1 amide bonds. The Hall–Kier alpha value is -3.22. The highest BCUT2D eigenvalue weighted by Crippen LogP contribution is 2.16. The van der Waals surface area contributed by atoms with Crippen LogP contribution in [0.15, 0.2) is 54.9 Å². The number of benzene rings is 2. The zero-order chi connectivity index (χ0) is 15.4. The topological polar surface area (TPSA) is 81.9 Å². The number of ether oxygens (including phenoxy) is 1. The van der Waals surface area contributed by atoms with Crippen molar-refractivity contribution in [2.24, 2.45) is 0 Å². The van der Waals surface area contributed by atoms with Crippen molar-refractivity contribution in [3.63, 3.8) is 0 Å². The van der Waals surface area contributed by atoms with Gasteiger partial charge in [-0.05, 0) is 52.9 Å². The second-order valence-electron chi connectivity index (χ2n) is 4.49. The van der Waals surface area contributed by atoms with Crippen molar-refractivity contribution in [1.82, 2.24) is 20.2 Å². The van der Waals surface area contributed by atoms with Gasteiger partial charge in [-0.15, -0.1) is 5.10 Å². The number of carbonyl (C=O) groups is 1. The molecule has 0 atom stereocenters. The minimum absolute atomic E-state index is 0.198. The van der Waals surface area contributed by atoms with Gasteiger partial charge in [0.2, 0.25) is 0 Å². The molecule has 7 heteroatoms. The van der Waals surface area contributed by atoms with Crippen molar-refractivity contribution in [1.29, 1.82) is 0 Å². The lowest BCUT2D eigenvalue weighted by molar-refractivity contribution is 0.102. The van der Waals surface area contributed by atoms with Gasteiger partial charge in [0, 0.05) is 11.3 Å². The third-order valence-corrected chi connectivity index (χ3v) is 3.07. The van der Waals surface area contributed by atoms with E-state index in [1.54, 1.807) is 43.5 Å². The summed E-state index contributed by atoms with van der Waals surface area (Å²) < 4.78 is 6.59. The summed E-state index contributed by atoms with van der Waals surface area (Å²) in [5.41, 5.74) is 1.97. The van der Waals surface area contributed by atoms with Gasteiger partial charge in [-0.1, -0.05) is 6.07 Å². The standard InChI is InChI=1S/C15H13N5O2/c1-22-14-7-5-11(6-8-14)15(21)17-12-3-2-4-13(9-12)20-10-16-18-19-20/h2-10H,1H3,(H,17,21). The van der Waals surface area contributed by atoms with Crippen molar-refractivity contribution >= 4 is 11.6 Å². The predicted octanol–water partition coefficient (Wildman–Crippen LogP) is 1.92. The van der Waals surface area contributed by atoms with E-state index >= 15 is 0 Å². The van der Waals surface area contributed by atoms with E-state index in [-0.39, 0.29) is 5.91 Å². The van der Waals surface area contributed by atoms with Crippen LogP contribution in [-0.2, 0) is 0 Å². The SMILES string of the molecule is COc1ccc(C(=O)Nc2cccc(-n3cnnn3)c2)cc1. The van der Waals surface area contributed by atoms with Crippen LogP contribution in [0.3, 0.4) is 0 Å². The fraction of sp³-hybridized carbons (Fsp3) is 0.0667. The Morgan fingerprint density at radius 3 is 2.68 bits per heavy atom. The van der Waals surface area contributed by atoms with Crippen molar-refractivity contribution < 1.29 is 9.53 Å². The predicted molar refractivity (Wildman–Crippen MR) is 80.1 cm³/mol. The third-order valence-electron chi connectivity index (χ3n) is 3.07. The number of tetrazole rings is 1. The number of nitrogens with zero attached hydrogens (tertiary/aromatic N) is 4. The second-order valence-corrected chi connectivity index (χ2v) is 4.49. The Morgan fingerprint density at radius 2 is 2.00 bits per heavy atom. The highest BCUT2D eigenvalue weighted by molar-refractivity contribution is 6.04. The van der Waals surface area contributed by atoms with Gasteiger partial charge in [-0.2, -0.15) is 0 Å². The van der Waals surface area contributed by atoms with Gasteiger partial charge >= 0.3 is 0 Å². The zero-order valence-corrected chi connectivity index (χ0v) is 11.8. The van der Waals surface area contributed by atoms with Gasteiger partial charge in [-0.3, -0.25) is 4.79 Å². The Morgan fingerprint density at radius 1 is 1.18 bits per heavy atom. The van der Waals surface area contributed by atoms with Crippen molar-refractivity contribution in [2.45, 2.75) is 0 Å². The summed E-state index contributed by atoms with van der Waals surface area (Å²) in [6, 6.07) is 14.2. The lowest BCUT2D eigenvalue weighted by Gasteiger charge is -2.07. The highest BCUT2D eigenvalue weighted by Gasteiger charge is 2.07. The van der Waals surface area contributed by atoms with E-state index < -0.39 is 0 Å².